The van der Waals surface area contributed by atoms with Gasteiger partial charge in [-0.25, -0.2) is 0 Å². The normalized spacial score (nSPS) is 29.7. The van der Waals surface area contributed by atoms with Crippen molar-refractivity contribution < 1.29 is 34.8 Å². The summed E-state index contributed by atoms with van der Waals surface area (Å²) in [5.41, 5.74) is -0.731. The first-order chi connectivity index (χ1) is 21.6. The van der Waals surface area contributed by atoms with E-state index in [1.165, 1.54) is 37.3 Å². The molecule has 0 radical (unpaired) electrons. The molecule has 0 aliphatic heterocycles. The number of hydrogen-bond acceptors (Lipinski definition) is 7. The number of benzene rings is 2. The fourth-order valence-electron chi connectivity index (χ4n) is 9.83. The highest BCUT2D eigenvalue weighted by molar-refractivity contribution is 6.24. The molecule has 1 unspecified atom stereocenters. The molecule has 0 bridgehead atoms. The third-order valence-electron chi connectivity index (χ3n) is 11.7. The van der Waals surface area contributed by atoms with Gasteiger partial charge in [0.2, 0.25) is 5.78 Å². The number of ketones is 3. The van der Waals surface area contributed by atoms with Crippen molar-refractivity contribution in [2.75, 3.05) is 0 Å². The molecule has 4 N–H and O–H groups in total. The van der Waals surface area contributed by atoms with Gasteiger partial charge in [0.05, 0.1) is 5.56 Å². The molecule has 0 spiro atoms. The van der Waals surface area contributed by atoms with Gasteiger partial charge in [-0.2, -0.15) is 0 Å². The molecular weight excluding hydrogens is 580 g/mol. The topological polar surface area (TPSA) is 132 Å². The van der Waals surface area contributed by atoms with Gasteiger partial charge < -0.3 is 20.4 Å². The van der Waals surface area contributed by atoms with Gasteiger partial charge in [-0.15, -0.1) is 0 Å². The largest absolute Gasteiger partial charge is 0.508 e. The zero-order valence-corrected chi connectivity index (χ0v) is 27.8. The summed E-state index contributed by atoms with van der Waals surface area (Å²) in [6.45, 7) is 10.3. The Morgan fingerprint density at radius 1 is 1.00 bits per heavy atom. The van der Waals surface area contributed by atoms with Crippen molar-refractivity contribution in [3.63, 3.8) is 0 Å². The van der Waals surface area contributed by atoms with Crippen molar-refractivity contribution in [1.29, 1.82) is 0 Å². The summed E-state index contributed by atoms with van der Waals surface area (Å²) in [5.74, 6) is -4.50. The average Bonchev–Trinajstić information content (AvgIpc) is 3.48. The molecule has 6 rings (SSSR count). The van der Waals surface area contributed by atoms with Crippen LogP contribution < -0.4 is 0 Å². The van der Waals surface area contributed by atoms with Crippen LogP contribution in [0.15, 0.2) is 47.2 Å². The van der Waals surface area contributed by atoms with E-state index >= 15 is 0 Å². The van der Waals surface area contributed by atoms with E-state index in [1.807, 2.05) is 13.0 Å². The summed E-state index contributed by atoms with van der Waals surface area (Å²) in [7, 11) is 0. The van der Waals surface area contributed by atoms with E-state index in [9.17, 15) is 34.8 Å². The van der Waals surface area contributed by atoms with Crippen LogP contribution in [-0.4, -0.2) is 43.4 Å². The number of carbonyl (C=O) groups excluding carboxylic acids is 3. The molecule has 0 saturated heterocycles. The minimum atomic E-state index is -2.62. The lowest BCUT2D eigenvalue weighted by molar-refractivity contribution is -0.178. The number of aromatic hydroxyl groups is 1. The number of fused-ring (bicyclic) bond motifs is 3. The van der Waals surface area contributed by atoms with E-state index in [4.69, 9.17) is 0 Å². The molecule has 4 atom stereocenters. The Labute approximate surface area is 271 Å². The van der Waals surface area contributed by atoms with Gasteiger partial charge in [0.25, 0.3) is 0 Å². The minimum Gasteiger partial charge on any atom is -0.508 e. The third-order valence-corrected chi connectivity index (χ3v) is 11.7. The van der Waals surface area contributed by atoms with Crippen LogP contribution in [0.5, 0.6) is 5.75 Å². The van der Waals surface area contributed by atoms with Crippen LogP contribution in [0.1, 0.15) is 95.9 Å². The summed E-state index contributed by atoms with van der Waals surface area (Å²) in [4.78, 5) is 41.0. The molecule has 2 saturated carbocycles. The fraction of sp³-hybridized carbons (Fsp3) is 0.513. The monoisotopic (exact) mass is 626 g/mol. The molecule has 0 heterocycles. The van der Waals surface area contributed by atoms with E-state index in [-0.39, 0.29) is 35.6 Å². The Kier molecular flexibility index (Phi) is 7.66. The second kappa shape index (κ2) is 10.9. The number of rotatable bonds is 6. The molecule has 244 valence electrons. The molecule has 46 heavy (non-hydrogen) atoms. The summed E-state index contributed by atoms with van der Waals surface area (Å²) >= 11 is 0. The van der Waals surface area contributed by atoms with Gasteiger partial charge in [-0.1, -0.05) is 84.6 Å². The maximum absolute atomic E-state index is 14.6. The highest BCUT2D eigenvalue weighted by atomic mass is 16.3. The van der Waals surface area contributed by atoms with Crippen molar-refractivity contribution in [2.24, 2.45) is 28.6 Å². The Morgan fingerprint density at radius 3 is 2.28 bits per heavy atom. The van der Waals surface area contributed by atoms with Crippen molar-refractivity contribution in [3.05, 3.63) is 69.5 Å². The number of aliphatic hydroxyl groups is 3. The van der Waals surface area contributed by atoms with Crippen LogP contribution in [-0.2, 0) is 33.6 Å². The number of hydrogen-bond donors (Lipinski definition) is 4. The molecular formula is C39H46O7. The molecule has 0 amide bonds. The summed E-state index contributed by atoms with van der Waals surface area (Å²) in [5, 5.41) is 46.8. The molecule has 7 nitrogen and oxygen atoms in total. The minimum absolute atomic E-state index is 0.0718. The number of allylic oxidation sites excluding steroid dienone is 1. The highest BCUT2D eigenvalue weighted by Gasteiger charge is 2.72. The van der Waals surface area contributed by atoms with E-state index in [0.717, 1.165) is 36.5 Å². The molecule has 2 fully saturated rings. The molecule has 0 aromatic heterocycles. The van der Waals surface area contributed by atoms with Crippen molar-refractivity contribution in [2.45, 2.75) is 98.5 Å². The molecule has 4 aliphatic carbocycles. The van der Waals surface area contributed by atoms with E-state index < -0.39 is 56.8 Å². The average molecular weight is 627 g/mol. The highest BCUT2D eigenvalue weighted by Crippen LogP contribution is 2.65. The van der Waals surface area contributed by atoms with E-state index in [1.54, 1.807) is 20.8 Å². The van der Waals surface area contributed by atoms with Gasteiger partial charge in [0.1, 0.15) is 22.8 Å². The molecule has 4 aliphatic rings. The van der Waals surface area contributed by atoms with Crippen molar-refractivity contribution >= 4 is 23.1 Å². The van der Waals surface area contributed by atoms with Gasteiger partial charge in [-0.3, -0.25) is 14.4 Å². The standard InChI is InChI=1S/C39H46O7/c1-7-24-13-12-23(16-22-10-8-9-11-22)17-26(24)25-14-15-28(41)30-27(25)18-37(5)19-38(6)31(20(2)3)33(42)29(21(4)40)35(44)39(38,46)36(45)32(37)34(30)43/h12-15,17,20,22,31,41,43-44,46H,7-11,16,18-19H2,1-6H3/t31?,37-,38-,39+/m1/s1. The zero-order valence-electron chi connectivity index (χ0n) is 27.8. The van der Waals surface area contributed by atoms with Crippen LogP contribution in [0, 0.1) is 28.6 Å². The first-order valence-corrected chi connectivity index (χ1v) is 16.8. The number of aryl methyl sites for hydroxylation is 1. The first kappa shape index (κ1) is 32.2. The summed E-state index contributed by atoms with van der Waals surface area (Å²) in [6.07, 6.45) is 7.10. The zero-order chi connectivity index (χ0) is 33.5. The summed E-state index contributed by atoms with van der Waals surface area (Å²) < 4.78 is 0. The Balaban J connectivity index is 1.57. The van der Waals surface area contributed by atoms with Crippen LogP contribution >= 0.6 is 0 Å². The van der Waals surface area contributed by atoms with Crippen LogP contribution in [0.25, 0.3) is 16.9 Å². The first-order valence-electron chi connectivity index (χ1n) is 16.8. The smallest absolute Gasteiger partial charge is 0.203 e. The Bertz CT molecular complexity index is 1740. The predicted octanol–water partition coefficient (Wildman–Crippen LogP) is 7.15. The van der Waals surface area contributed by atoms with E-state index in [0.29, 0.717) is 11.5 Å². The second-order valence-corrected chi connectivity index (χ2v) is 15.1. The van der Waals surface area contributed by atoms with Gasteiger partial charge in [-0.05, 0) is 78.3 Å². The van der Waals surface area contributed by atoms with Crippen LogP contribution in [0.3, 0.4) is 0 Å². The third kappa shape index (κ3) is 4.37. The Morgan fingerprint density at radius 2 is 1.67 bits per heavy atom. The quantitative estimate of drug-likeness (QED) is 0.250. The van der Waals surface area contributed by atoms with Crippen LogP contribution in [0.4, 0.5) is 0 Å². The number of Topliss-reactive ketones (excluding diaryl/α,β-unsaturated/α-hetero) is 3. The fourth-order valence-corrected chi connectivity index (χ4v) is 9.83. The maximum Gasteiger partial charge on any atom is 0.203 e. The SMILES string of the molecule is CCc1ccc(CC2CCCC2)cc1-c1ccc(O)c2c1C[C@]1(C)C[C@]3(C)C(C(C)C)C(=O)C(C(C)=O)=C(O)[C@]3(O)C(=O)C1=C2O. The number of phenols is 1. The lowest BCUT2D eigenvalue weighted by Crippen LogP contribution is -2.69. The molecule has 2 aromatic carbocycles. The van der Waals surface area contributed by atoms with E-state index in [2.05, 4.69) is 25.1 Å². The number of aliphatic hydroxyl groups excluding tert-OH is 2. The number of phenolic OH excluding ortho intramolecular Hbond substituents is 1. The number of carbonyl (C=O) groups is 3. The summed E-state index contributed by atoms with van der Waals surface area (Å²) in [6, 6.07) is 10.0. The molecule has 2 aromatic rings. The predicted molar refractivity (Wildman–Crippen MR) is 176 cm³/mol. The molecule has 7 heteroatoms. The van der Waals surface area contributed by atoms with Crippen molar-refractivity contribution in [3.8, 4) is 16.9 Å². The van der Waals surface area contributed by atoms with Crippen LogP contribution in [0.2, 0.25) is 0 Å². The van der Waals surface area contributed by atoms with Gasteiger partial charge in [0.15, 0.2) is 17.2 Å². The van der Waals surface area contributed by atoms with Crippen molar-refractivity contribution in [1.82, 2.24) is 0 Å². The lowest BCUT2D eigenvalue weighted by atomic mass is 9.43. The lowest BCUT2D eigenvalue weighted by Gasteiger charge is -2.59. The van der Waals surface area contributed by atoms with Gasteiger partial charge >= 0.3 is 0 Å². The Hall–Kier alpha value is -3.71. The van der Waals surface area contributed by atoms with Gasteiger partial charge in [0, 0.05) is 22.3 Å². The second-order valence-electron chi connectivity index (χ2n) is 15.1. The maximum atomic E-state index is 14.6.